The van der Waals surface area contributed by atoms with Gasteiger partial charge in [-0.05, 0) is 95.0 Å². The third kappa shape index (κ3) is 7.31. The molecule has 0 unspecified atom stereocenters. The zero-order chi connectivity index (χ0) is 38.4. The first-order valence-electron chi connectivity index (χ1n) is 18.6. The predicted octanol–water partition coefficient (Wildman–Crippen LogP) is 13.6. The topological polar surface area (TPSA) is 52.1 Å². The third-order valence-electron chi connectivity index (χ3n) is 10.6. The van der Waals surface area contributed by atoms with Crippen LogP contribution in [-0.4, -0.2) is 9.97 Å². The second-order valence-corrected chi connectivity index (χ2v) is 14.8. The Morgan fingerprint density at radius 3 is 2.16 bits per heavy atom. The smallest absolute Gasteiger partial charge is 0.123 e. The summed E-state index contributed by atoms with van der Waals surface area (Å²) in [5, 5.41) is 4.36. The molecule has 0 N–H and O–H groups in total. The summed E-state index contributed by atoms with van der Waals surface area (Å²) in [4.78, 5) is 9.08. The minimum absolute atomic E-state index is 0. The summed E-state index contributed by atoms with van der Waals surface area (Å²) in [5.41, 5.74) is 13.5. The number of furan rings is 2. The molecule has 0 aliphatic carbocycles. The number of nitrogens with zero attached hydrogens (tertiary/aromatic N) is 2. The van der Waals surface area contributed by atoms with E-state index >= 15 is 0 Å². The van der Waals surface area contributed by atoms with E-state index in [0.717, 1.165) is 83.1 Å². The average molecular weight is 921 g/mol. The first kappa shape index (κ1) is 37.7. The Morgan fingerprint density at radius 2 is 1.37 bits per heavy atom. The number of aromatic nitrogens is 2. The molecule has 281 valence electrons. The summed E-state index contributed by atoms with van der Waals surface area (Å²) in [6.07, 6.45) is 3.65. The first-order valence-corrected chi connectivity index (χ1v) is 18.6. The van der Waals surface area contributed by atoms with Gasteiger partial charge in [-0.15, -0.1) is 42.0 Å². The number of rotatable bonds is 5. The summed E-state index contributed by atoms with van der Waals surface area (Å²) in [5.74, 6) is -0.247. The van der Waals surface area contributed by atoms with Gasteiger partial charge in [-0.25, -0.2) is 4.39 Å². The summed E-state index contributed by atoms with van der Waals surface area (Å²) < 4.78 is 25.6. The molecular weight excluding hydrogens is 884 g/mol. The van der Waals surface area contributed by atoms with Crippen LogP contribution in [0.3, 0.4) is 0 Å². The molecule has 0 aliphatic heterocycles. The van der Waals surface area contributed by atoms with Crippen LogP contribution >= 0.6 is 0 Å². The van der Waals surface area contributed by atoms with E-state index in [2.05, 4.69) is 116 Å². The second kappa shape index (κ2) is 15.4. The minimum atomic E-state index is -0.247. The van der Waals surface area contributed by atoms with Crippen molar-refractivity contribution in [2.75, 3.05) is 0 Å². The van der Waals surface area contributed by atoms with Crippen LogP contribution in [0.1, 0.15) is 36.1 Å². The van der Waals surface area contributed by atoms with Gasteiger partial charge in [-0.3, -0.25) is 0 Å². The molecule has 0 aliphatic rings. The zero-order valence-corrected chi connectivity index (χ0v) is 34.3. The van der Waals surface area contributed by atoms with Gasteiger partial charge < -0.3 is 18.8 Å². The van der Waals surface area contributed by atoms with E-state index in [-0.39, 0.29) is 31.3 Å². The number of halogens is 1. The second-order valence-electron chi connectivity index (χ2n) is 14.8. The first-order chi connectivity index (χ1) is 27.2. The number of fused-ring (bicyclic) bond motifs is 6. The minimum Gasteiger partial charge on any atom is -0.501 e. The summed E-state index contributed by atoms with van der Waals surface area (Å²) in [6, 6.07) is 52.4. The summed E-state index contributed by atoms with van der Waals surface area (Å²) in [7, 11) is 0. The molecule has 10 aromatic rings. The number of benzene rings is 6. The van der Waals surface area contributed by atoms with Crippen LogP contribution < -0.4 is 0 Å². The molecule has 4 aromatic heterocycles. The molecule has 0 amide bonds. The maximum atomic E-state index is 13.4. The van der Waals surface area contributed by atoms with Gasteiger partial charge in [0.05, 0.1) is 11.2 Å². The Labute approximate surface area is 344 Å². The molecule has 0 fully saturated rings. The molecule has 4 heterocycles. The monoisotopic (exact) mass is 921 g/mol. The number of hydrogen-bond donors (Lipinski definition) is 0. The largest absolute Gasteiger partial charge is 0.501 e. The van der Waals surface area contributed by atoms with E-state index < -0.39 is 0 Å². The van der Waals surface area contributed by atoms with E-state index in [1.807, 2.05) is 55.6 Å². The van der Waals surface area contributed by atoms with Crippen molar-refractivity contribution in [2.24, 2.45) is 0 Å². The van der Waals surface area contributed by atoms with Crippen molar-refractivity contribution in [1.29, 1.82) is 0 Å². The van der Waals surface area contributed by atoms with Gasteiger partial charge in [0.2, 0.25) is 0 Å². The fourth-order valence-corrected chi connectivity index (χ4v) is 7.33. The molecule has 6 aromatic carbocycles. The van der Waals surface area contributed by atoms with Gasteiger partial charge in [-0.1, -0.05) is 109 Å². The molecule has 0 atom stereocenters. The normalized spacial score (nSPS) is 11.5. The van der Waals surface area contributed by atoms with Crippen molar-refractivity contribution < 1.29 is 33.3 Å². The van der Waals surface area contributed by atoms with E-state index in [0.29, 0.717) is 0 Å². The maximum Gasteiger partial charge on any atom is 0.123 e. The SMILES string of the molecule is CC(C)(c1ccccc1)c1ccc2oc3c[c-]c(-c4cc(-c5ccc(F)cc5)ccn4)cc3c2c1.Cc1ccc(-c2[c-]ccc3c2oc2cc(C)ccc23)nc1.[Ir]. The quantitative estimate of drug-likeness (QED) is 0.161. The number of aryl methyl sites for hydroxylation is 2. The number of hydrogen-bond acceptors (Lipinski definition) is 4. The van der Waals surface area contributed by atoms with Gasteiger partial charge in [0.15, 0.2) is 0 Å². The standard InChI is InChI=1S/C32H23FNO.C19H14NO.Ir/c1-32(2,24-6-4-3-5-7-24)25-11-15-31-28(20-25)27-18-23(10-14-30(27)35-31)29-19-22(16-17-34-29)21-8-12-26(33)13-9-21;1-12-6-8-14-15-4-3-5-16(19(15)21-18(14)10-12)17-9-7-13(2)11-20-17;/h3-9,11-20H,1-2H3;3-4,6-11H,1-2H3;/q2*-1;. The van der Waals surface area contributed by atoms with Crippen LogP contribution in [0.4, 0.5) is 4.39 Å². The van der Waals surface area contributed by atoms with Gasteiger partial charge in [0.25, 0.3) is 0 Å². The van der Waals surface area contributed by atoms with Crippen LogP contribution in [0.2, 0.25) is 0 Å². The summed E-state index contributed by atoms with van der Waals surface area (Å²) in [6.45, 7) is 8.60. The fraction of sp³-hybridized carbons (Fsp3) is 0.0980. The van der Waals surface area contributed by atoms with Crippen molar-refractivity contribution in [3.8, 4) is 33.6 Å². The predicted molar refractivity (Wildman–Crippen MR) is 225 cm³/mol. The van der Waals surface area contributed by atoms with Crippen LogP contribution in [0.5, 0.6) is 0 Å². The Balaban J connectivity index is 0.000000177. The Morgan fingerprint density at radius 1 is 0.579 bits per heavy atom. The Hall–Kier alpha value is -6.20. The molecule has 0 spiro atoms. The van der Waals surface area contributed by atoms with Crippen LogP contribution in [0.25, 0.3) is 77.5 Å². The van der Waals surface area contributed by atoms with Crippen LogP contribution in [-0.2, 0) is 25.5 Å². The van der Waals surface area contributed by atoms with E-state index in [4.69, 9.17) is 8.83 Å². The van der Waals surface area contributed by atoms with Gasteiger partial charge in [0, 0.05) is 48.7 Å². The van der Waals surface area contributed by atoms with Gasteiger partial charge >= 0.3 is 0 Å². The maximum absolute atomic E-state index is 13.4. The van der Waals surface area contributed by atoms with E-state index in [9.17, 15) is 4.39 Å². The van der Waals surface area contributed by atoms with Crippen molar-refractivity contribution in [1.82, 2.24) is 9.97 Å². The molecule has 6 heteroatoms. The Bertz CT molecular complexity index is 3020. The van der Waals surface area contributed by atoms with E-state index in [1.165, 1.54) is 28.8 Å². The van der Waals surface area contributed by atoms with Crippen LogP contribution in [0.15, 0.2) is 161 Å². The van der Waals surface area contributed by atoms with Crippen molar-refractivity contribution in [3.05, 3.63) is 192 Å². The van der Waals surface area contributed by atoms with Crippen molar-refractivity contribution >= 4 is 43.9 Å². The van der Waals surface area contributed by atoms with Gasteiger partial charge in [-0.2, -0.15) is 0 Å². The number of pyridine rings is 2. The molecule has 57 heavy (non-hydrogen) atoms. The van der Waals surface area contributed by atoms with Crippen molar-refractivity contribution in [2.45, 2.75) is 33.1 Å². The molecule has 10 rings (SSSR count). The zero-order valence-electron chi connectivity index (χ0n) is 31.9. The Kier molecular flexibility index (Phi) is 10.2. The molecule has 0 bridgehead atoms. The molecule has 4 nitrogen and oxygen atoms in total. The average Bonchev–Trinajstić information content (AvgIpc) is 3.79. The molecule has 0 saturated heterocycles. The third-order valence-corrected chi connectivity index (χ3v) is 10.6. The van der Waals surface area contributed by atoms with Crippen LogP contribution in [0, 0.1) is 31.8 Å². The molecular formula is C51H37FIrN2O2-2. The molecule has 1 radical (unpaired) electrons. The van der Waals surface area contributed by atoms with E-state index in [1.54, 1.807) is 18.3 Å². The van der Waals surface area contributed by atoms with Crippen molar-refractivity contribution in [3.63, 3.8) is 0 Å². The fourth-order valence-electron chi connectivity index (χ4n) is 7.33. The summed E-state index contributed by atoms with van der Waals surface area (Å²) >= 11 is 0. The molecule has 0 saturated carbocycles. The van der Waals surface area contributed by atoms with Gasteiger partial charge in [0.1, 0.15) is 17.0 Å².